The van der Waals surface area contributed by atoms with Crippen LogP contribution in [0.15, 0.2) is 42.5 Å². The number of nitrogens with one attached hydrogen (secondary N) is 1. The van der Waals surface area contributed by atoms with Gasteiger partial charge in [0.1, 0.15) is 11.6 Å². The highest BCUT2D eigenvalue weighted by molar-refractivity contribution is 5.78. The number of carbonyl (C=O) groups is 1. The maximum atomic E-state index is 13.2. The molecule has 1 N–H and O–H groups in total. The molecule has 2 rings (SSSR count). The van der Waals surface area contributed by atoms with Crippen molar-refractivity contribution in [1.29, 1.82) is 0 Å². The summed E-state index contributed by atoms with van der Waals surface area (Å²) in [5, 5.41) is 2.78. The maximum Gasteiger partial charge on any atom is 0.224 e. The quantitative estimate of drug-likeness (QED) is 0.918. The fourth-order valence-corrected chi connectivity index (χ4v) is 2.03. The number of halogens is 1. The Morgan fingerprint density at radius 2 is 1.90 bits per heavy atom. The number of rotatable bonds is 5. The molecule has 0 heterocycles. The van der Waals surface area contributed by atoms with Gasteiger partial charge in [0.15, 0.2) is 0 Å². The lowest BCUT2D eigenvalue weighted by Gasteiger charge is -2.10. The Morgan fingerprint density at radius 1 is 1.19 bits per heavy atom. The molecule has 2 aromatic rings. The lowest BCUT2D eigenvalue weighted by molar-refractivity contribution is -0.120. The SMILES string of the molecule is COc1ccc(F)cc1CNC(=O)Cc1ccc(C)cc1. The van der Waals surface area contributed by atoms with Crippen molar-refractivity contribution in [2.45, 2.75) is 19.9 Å². The number of methoxy groups -OCH3 is 1. The van der Waals surface area contributed by atoms with E-state index in [9.17, 15) is 9.18 Å². The van der Waals surface area contributed by atoms with Gasteiger partial charge in [-0.05, 0) is 30.7 Å². The second kappa shape index (κ2) is 6.88. The van der Waals surface area contributed by atoms with Crippen LogP contribution in [-0.2, 0) is 17.8 Å². The number of carbonyl (C=O) groups excluding carboxylic acids is 1. The minimum Gasteiger partial charge on any atom is -0.496 e. The first-order valence-electron chi connectivity index (χ1n) is 6.73. The van der Waals surface area contributed by atoms with Gasteiger partial charge in [-0.1, -0.05) is 29.8 Å². The Labute approximate surface area is 123 Å². The maximum absolute atomic E-state index is 13.2. The van der Waals surface area contributed by atoms with Crippen LogP contribution >= 0.6 is 0 Å². The summed E-state index contributed by atoms with van der Waals surface area (Å²) in [4.78, 5) is 11.9. The molecular weight excluding hydrogens is 269 g/mol. The number of amides is 1. The molecule has 21 heavy (non-hydrogen) atoms. The average molecular weight is 287 g/mol. The summed E-state index contributed by atoms with van der Waals surface area (Å²) in [5.74, 6) is 0.107. The topological polar surface area (TPSA) is 38.3 Å². The summed E-state index contributed by atoms with van der Waals surface area (Å²) in [6.07, 6.45) is 0.303. The van der Waals surface area contributed by atoms with Crippen LogP contribution in [0.3, 0.4) is 0 Å². The molecule has 0 saturated heterocycles. The highest BCUT2D eigenvalue weighted by atomic mass is 19.1. The Kier molecular flexibility index (Phi) is 4.93. The van der Waals surface area contributed by atoms with Crippen molar-refractivity contribution in [2.75, 3.05) is 7.11 Å². The molecule has 0 spiro atoms. The molecular formula is C17H18FNO2. The van der Waals surface area contributed by atoms with Gasteiger partial charge in [-0.3, -0.25) is 4.79 Å². The highest BCUT2D eigenvalue weighted by Gasteiger charge is 2.07. The summed E-state index contributed by atoms with van der Waals surface area (Å²) in [5.41, 5.74) is 2.72. The van der Waals surface area contributed by atoms with Crippen LogP contribution in [0.1, 0.15) is 16.7 Å². The zero-order chi connectivity index (χ0) is 15.2. The van der Waals surface area contributed by atoms with Crippen LogP contribution in [0.2, 0.25) is 0 Å². The van der Waals surface area contributed by atoms with E-state index in [1.54, 1.807) is 6.07 Å². The monoisotopic (exact) mass is 287 g/mol. The molecule has 4 heteroatoms. The molecule has 0 fully saturated rings. The van der Waals surface area contributed by atoms with E-state index in [4.69, 9.17) is 4.74 Å². The summed E-state index contributed by atoms with van der Waals surface area (Å²) >= 11 is 0. The van der Waals surface area contributed by atoms with E-state index in [1.165, 1.54) is 19.2 Å². The minimum absolute atomic E-state index is 0.106. The Balaban J connectivity index is 1.95. The molecule has 1 amide bonds. The smallest absolute Gasteiger partial charge is 0.224 e. The number of aryl methyl sites for hydroxylation is 1. The van der Waals surface area contributed by atoms with Crippen molar-refractivity contribution in [3.8, 4) is 5.75 Å². The first kappa shape index (κ1) is 15.0. The van der Waals surface area contributed by atoms with E-state index < -0.39 is 0 Å². The lowest BCUT2D eigenvalue weighted by Crippen LogP contribution is -2.24. The molecule has 0 atom stereocenters. The molecule has 0 saturated carbocycles. The van der Waals surface area contributed by atoms with Gasteiger partial charge in [-0.15, -0.1) is 0 Å². The van der Waals surface area contributed by atoms with Crippen LogP contribution in [-0.4, -0.2) is 13.0 Å². The fraction of sp³-hybridized carbons (Fsp3) is 0.235. The van der Waals surface area contributed by atoms with E-state index in [2.05, 4.69) is 5.32 Å². The van der Waals surface area contributed by atoms with Crippen LogP contribution in [0, 0.1) is 12.7 Å². The number of hydrogen-bond donors (Lipinski definition) is 1. The second-order valence-electron chi connectivity index (χ2n) is 4.90. The molecule has 110 valence electrons. The normalized spacial score (nSPS) is 10.2. The molecule has 0 aliphatic heterocycles. The zero-order valence-corrected chi connectivity index (χ0v) is 12.2. The van der Waals surface area contributed by atoms with Crippen molar-refractivity contribution in [1.82, 2.24) is 5.32 Å². The van der Waals surface area contributed by atoms with Crippen LogP contribution in [0.5, 0.6) is 5.75 Å². The standard InChI is InChI=1S/C17H18FNO2/c1-12-3-5-13(6-4-12)9-17(20)19-11-14-10-15(18)7-8-16(14)21-2/h3-8,10H,9,11H2,1-2H3,(H,19,20). The molecule has 0 radical (unpaired) electrons. The van der Waals surface area contributed by atoms with Crippen molar-refractivity contribution in [2.24, 2.45) is 0 Å². The van der Waals surface area contributed by atoms with E-state index in [1.807, 2.05) is 31.2 Å². The molecule has 0 aliphatic carbocycles. The van der Waals surface area contributed by atoms with Crippen LogP contribution < -0.4 is 10.1 Å². The van der Waals surface area contributed by atoms with Crippen molar-refractivity contribution >= 4 is 5.91 Å². The summed E-state index contributed by atoms with van der Waals surface area (Å²) < 4.78 is 18.4. The van der Waals surface area contributed by atoms with Gasteiger partial charge in [0.05, 0.1) is 13.5 Å². The third-order valence-electron chi connectivity index (χ3n) is 3.20. The van der Waals surface area contributed by atoms with Gasteiger partial charge in [-0.25, -0.2) is 4.39 Å². The third-order valence-corrected chi connectivity index (χ3v) is 3.20. The van der Waals surface area contributed by atoms with Crippen LogP contribution in [0.4, 0.5) is 4.39 Å². The Bertz CT molecular complexity index is 623. The van der Waals surface area contributed by atoms with Gasteiger partial charge in [0.25, 0.3) is 0 Å². The number of benzene rings is 2. The highest BCUT2D eigenvalue weighted by Crippen LogP contribution is 2.19. The van der Waals surface area contributed by atoms with E-state index in [-0.39, 0.29) is 18.3 Å². The van der Waals surface area contributed by atoms with E-state index >= 15 is 0 Å². The van der Waals surface area contributed by atoms with E-state index in [0.29, 0.717) is 17.7 Å². The van der Waals surface area contributed by atoms with Crippen molar-refractivity contribution in [3.63, 3.8) is 0 Å². The fourth-order valence-electron chi connectivity index (χ4n) is 2.03. The molecule has 0 unspecified atom stereocenters. The zero-order valence-electron chi connectivity index (χ0n) is 12.2. The predicted octanol–water partition coefficient (Wildman–Crippen LogP) is 3.00. The van der Waals surface area contributed by atoms with Gasteiger partial charge >= 0.3 is 0 Å². The van der Waals surface area contributed by atoms with Crippen molar-refractivity contribution < 1.29 is 13.9 Å². The largest absolute Gasteiger partial charge is 0.496 e. The first-order chi connectivity index (χ1) is 10.1. The molecule has 2 aromatic carbocycles. The summed E-state index contributed by atoms with van der Waals surface area (Å²) in [7, 11) is 1.52. The Morgan fingerprint density at radius 3 is 2.57 bits per heavy atom. The summed E-state index contributed by atoms with van der Waals surface area (Å²) in [6.45, 7) is 2.24. The van der Waals surface area contributed by atoms with Crippen LogP contribution in [0.25, 0.3) is 0 Å². The first-order valence-corrected chi connectivity index (χ1v) is 6.73. The molecule has 0 bridgehead atoms. The third kappa shape index (κ3) is 4.31. The molecule has 3 nitrogen and oxygen atoms in total. The number of ether oxygens (including phenoxy) is 1. The van der Waals surface area contributed by atoms with Gasteiger partial charge < -0.3 is 10.1 Å². The summed E-state index contributed by atoms with van der Waals surface area (Å²) in [6, 6.07) is 12.0. The average Bonchev–Trinajstić information content (AvgIpc) is 2.48. The van der Waals surface area contributed by atoms with E-state index in [0.717, 1.165) is 11.1 Å². The lowest BCUT2D eigenvalue weighted by atomic mass is 10.1. The van der Waals surface area contributed by atoms with Gasteiger partial charge in [0, 0.05) is 12.1 Å². The Hall–Kier alpha value is -2.36. The van der Waals surface area contributed by atoms with Gasteiger partial charge in [-0.2, -0.15) is 0 Å². The molecule has 0 aliphatic rings. The molecule has 0 aromatic heterocycles. The minimum atomic E-state index is -0.349. The van der Waals surface area contributed by atoms with Gasteiger partial charge in [0.2, 0.25) is 5.91 Å². The van der Waals surface area contributed by atoms with Crippen molar-refractivity contribution in [3.05, 3.63) is 65.0 Å². The second-order valence-corrected chi connectivity index (χ2v) is 4.90. The predicted molar refractivity (Wildman–Crippen MR) is 79.7 cm³/mol. The number of hydrogen-bond acceptors (Lipinski definition) is 2.